The third-order valence-electron chi connectivity index (χ3n) is 2.26. The highest BCUT2D eigenvalue weighted by Gasteiger charge is 2.30. The van der Waals surface area contributed by atoms with Gasteiger partial charge in [-0.05, 0) is 34.1 Å². The van der Waals surface area contributed by atoms with E-state index in [0.29, 0.717) is 0 Å². The summed E-state index contributed by atoms with van der Waals surface area (Å²) in [7, 11) is 0. The molecule has 1 aromatic carbocycles. The van der Waals surface area contributed by atoms with Crippen molar-refractivity contribution in [1.29, 1.82) is 0 Å². The van der Waals surface area contributed by atoms with Gasteiger partial charge in [0.15, 0.2) is 5.15 Å². The van der Waals surface area contributed by atoms with Crippen LogP contribution in [0.1, 0.15) is 5.56 Å². The number of hydrogen-bond donors (Lipinski definition) is 0. The normalized spacial score (nSPS) is 11.6. The molecule has 1 aromatic heterocycles. The van der Waals surface area contributed by atoms with E-state index in [-0.39, 0.29) is 15.3 Å². The minimum absolute atomic E-state index is 0.00535. The average molecular weight is 354 g/mol. The van der Waals surface area contributed by atoms with Crippen molar-refractivity contribution in [1.82, 2.24) is 9.78 Å². The summed E-state index contributed by atoms with van der Waals surface area (Å²) in [5.74, 6) is 0. The minimum Gasteiger partial charge on any atom is -0.267 e. The maximum absolute atomic E-state index is 12.6. The number of alkyl halides is 3. The van der Waals surface area contributed by atoms with Gasteiger partial charge in [-0.15, -0.1) is 0 Å². The molecular formula is C11H5BrClF3N2O. The summed E-state index contributed by atoms with van der Waals surface area (Å²) in [5.41, 5.74) is -1.46. The molecule has 8 heteroatoms. The molecule has 0 aliphatic heterocycles. The molecule has 0 bridgehead atoms. The molecule has 2 aromatic rings. The Morgan fingerprint density at radius 1 is 1.26 bits per heavy atom. The minimum atomic E-state index is -4.49. The van der Waals surface area contributed by atoms with Gasteiger partial charge in [0.25, 0.3) is 5.56 Å². The van der Waals surface area contributed by atoms with Gasteiger partial charge in [0.1, 0.15) is 0 Å². The van der Waals surface area contributed by atoms with Crippen LogP contribution < -0.4 is 5.56 Å². The Hall–Kier alpha value is -1.34. The summed E-state index contributed by atoms with van der Waals surface area (Å²) in [6, 6.07) is 5.42. The lowest BCUT2D eigenvalue weighted by atomic mass is 10.2. The monoisotopic (exact) mass is 352 g/mol. The lowest BCUT2D eigenvalue weighted by Gasteiger charge is -2.10. The Morgan fingerprint density at radius 3 is 2.58 bits per heavy atom. The van der Waals surface area contributed by atoms with Crippen molar-refractivity contribution in [2.45, 2.75) is 6.18 Å². The van der Waals surface area contributed by atoms with Gasteiger partial charge < -0.3 is 0 Å². The molecule has 0 saturated heterocycles. The number of halogens is 5. The second kappa shape index (κ2) is 4.97. The van der Waals surface area contributed by atoms with Crippen molar-refractivity contribution in [2.24, 2.45) is 0 Å². The highest BCUT2D eigenvalue weighted by atomic mass is 79.9. The fourth-order valence-corrected chi connectivity index (χ4v) is 1.82. The molecule has 0 aliphatic carbocycles. The zero-order valence-corrected chi connectivity index (χ0v) is 11.4. The number of rotatable bonds is 1. The van der Waals surface area contributed by atoms with Gasteiger partial charge in [0.2, 0.25) is 0 Å². The van der Waals surface area contributed by atoms with Crippen molar-refractivity contribution in [3.63, 3.8) is 0 Å². The molecule has 2 rings (SSSR count). The van der Waals surface area contributed by atoms with E-state index < -0.39 is 17.3 Å². The van der Waals surface area contributed by atoms with E-state index in [4.69, 9.17) is 11.6 Å². The molecule has 0 radical (unpaired) electrons. The predicted molar refractivity (Wildman–Crippen MR) is 67.5 cm³/mol. The molecule has 19 heavy (non-hydrogen) atoms. The summed E-state index contributed by atoms with van der Waals surface area (Å²) in [4.78, 5) is 11.7. The van der Waals surface area contributed by atoms with Gasteiger partial charge >= 0.3 is 6.18 Å². The van der Waals surface area contributed by atoms with Crippen LogP contribution >= 0.6 is 27.5 Å². The van der Waals surface area contributed by atoms with Crippen LogP contribution in [-0.2, 0) is 6.18 Å². The largest absolute Gasteiger partial charge is 0.416 e. The van der Waals surface area contributed by atoms with Crippen LogP contribution in [0.15, 0.2) is 39.6 Å². The Labute approximate surface area is 118 Å². The summed E-state index contributed by atoms with van der Waals surface area (Å²) in [5, 5.41) is 3.70. The third kappa shape index (κ3) is 2.98. The molecule has 0 fully saturated rings. The van der Waals surface area contributed by atoms with E-state index in [2.05, 4.69) is 21.0 Å². The Balaban J connectivity index is 2.60. The zero-order chi connectivity index (χ0) is 14.2. The van der Waals surface area contributed by atoms with E-state index in [9.17, 15) is 18.0 Å². The van der Waals surface area contributed by atoms with Crippen LogP contribution in [-0.4, -0.2) is 9.78 Å². The van der Waals surface area contributed by atoms with Crippen molar-refractivity contribution in [3.8, 4) is 5.69 Å². The predicted octanol–water partition coefficient (Wildman–Crippen LogP) is 3.67. The van der Waals surface area contributed by atoms with Crippen LogP contribution in [0.25, 0.3) is 5.69 Å². The maximum Gasteiger partial charge on any atom is 0.416 e. The molecule has 0 spiro atoms. The molecule has 0 amide bonds. The molecule has 0 unspecified atom stereocenters. The summed E-state index contributed by atoms with van der Waals surface area (Å²) in [6.07, 6.45) is -4.49. The fourth-order valence-electron chi connectivity index (χ4n) is 1.41. The topological polar surface area (TPSA) is 34.9 Å². The van der Waals surface area contributed by atoms with E-state index in [1.807, 2.05) is 0 Å². The first kappa shape index (κ1) is 14.1. The summed E-state index contributed by atoms with van der Waals surface area (Å²) in [6.45, 7) is 0. The van der Waals surface area contributed by atoms with E-state index in [0.717, 1.165) is 22.9 Å². The second-order valence-corrected chi connectivity index (χ2v) is 4.79. The van der Waals surface area contributed by atoms with Crippen LogP contribution in [0, 0.1) is 0 Å². The molecule has 100 valence electrons. The zero-order valence-electron chi connectivity index (χ0n) is 9.08. The summed E-state index contributed by atoms with van der Waals surface area (Å²) < 4.78 is 38.8. The van der Waals surface area contributed by atoms with Gasteiger partial charge in [-0.1, -0.05) is 17.7 Å². The van der Waals surface area contributed by atoms with Crippen LogP contribution in [0.5, 0.6) is 0 Å². The van der Waals surface area contributed by atoms with E-state index >= 15 is 0 Å². The Kier molecular flexibility index (Phi) is 3.69. The van der Waals surface area contributed by atoms with Crippen molar-refractivity contribution in [2.75, 3.05) is 0 Å². The highest BCUT2D eigenvalue weighted by molar-refractivity contribution is 9.10. The van der Waals surface area contributed by atoms with Crippen LogP contribution in [0.3, 0.4) is 0 Å². The van der Waals surface area contributed by atoms with Gasteiger partial charge in [0.05, 0.1) is 15.7 Å². The number of hydrogen-bond acceptors (Lipinski definition) is 2. The number of aromatic nitrogens is 2. The molecule has 0 N–H and O–H groups in total. The first-order valence-corrected chi connectivity index (χ1v) is 6.09. The van der Waals surface area contributed by atoms with Gasteiger partial charge in [-0.25, -0.2) is 0 Å². The number of nitrogens with zero attached hydrogens (tertiary/aromatic N) is 2. The second-order valence-electron chi connectivity index (χ2n) is 3.58. The molecule has 0 atom stereocenters. The molecular weight excluding hydrogens is 348 g/mol. The highest BCUT2D eigenvalue weighted by Crippen LogP contribution is 2.30. The molecule has 0 aliphatic rings. The van der Waals surface area contributed by atoms with Crippen molar-refractivity contribution in [3.05, 3.63) is 55.9 Å². The number of benzene rings is 1. The quantitative estimate of drug-likeness (QED) is 0.784. The van der Waals surface area contributed by atoms with Gasteiger partial charge in [0, 0.05) is 6.07 Å². The average Bonchev–Trinajstić information content (AvgIpc) is 2.33. The van der Waals surface area contributed by atoms with Crippen LogP contribution in [0.2, 0.25) is 5.15 Å². The third-order valence-corrected chi connectivity index (χ3v) is 3.37. The lowest BCUT2D eigenvalue weighted by molar-refractivity contribution is -0.137. The molecule has 0 saturated carbocycles. The van der Waals surface area contributed by atoms with Crippen LogP contribution in [0.4, 0.5) is 13.2 Å². The first-order valence-electron chi connectivity index (χ1n) is 4.92. The first-order chi connectivity index (χ1) is 8.79. The fraction of sp³-hybridized carbons (Fsp3) is 0.0909. The standard InChI is InChI=1S/C11H5BrClF3N2O/c12-8-5-9(19)18(17-10(8)13)7-3-1-2-6(4-7)11(14,15)16/h1-5H. The molecule has 1 heterocycles. The van der Waals surface area contributed by atoms with Gasteiger partial charge in [-0.2, -0.15) is 23.0 Å². The smallest absolute Gasteiger partial charge is 0.267 e. The lowest BCUT2D eigenvalue weighted by Crippen LogP contribution is -2.21. The SMILES string of the molecule is O=c1cc(Br)c(Cl)nn1-c1cccc(C(F)(F)F)c1. The Bertz CT molecular complexity index is 684. The Morgan fingerprint density at radius 2 is 1.95 bits per heavy atom. The van der Waals surface area contributed by atoms with E-state index in [1.165, 1.54) is 12.1 Å². The summed E-state index contributed by atoms with van der Waals surface area (Å²) >= 11 is 8.74. The maximum atomic E-state index is 12.6. The van der Waals surface area contributed by atoms with E-state index in [1.54, 1.807) is 0 Å². The molecule has 3 nitrogen and oxygen atoms in total. The van der Waals surface area contributed by atoms with Gasteiger partial charge in [-0.3, -0.25) is 4.79 Å². The van der Waals surface area contributed by atoms with Crippen molar-refractivity contribution >= 4 is 27.5 Å². The van der Waals surface area contributed by atoms with Crippen molar-refractivity contribution < 1.29 is 13.2 Å².